The highest BCUT2D eigenvalue weighted by molar-refractivity contribution is 5.91. The highest BCUT2D eigenvalue weighted by Crippen LogP contribution is 2.26. The van der Waals surface area contributed by atoms with E-state index in [9.17, 15) is 14.9 Å². The molecular weight excluding hydrogens is 288 g/mol. The first-order valence-electron chi connectivity index (χ1n) is 6.46. The summed E-state index contributed by atoms with van der Waals surface area (Å²) in [5.74, 6) is 0.309. The van der Waals surface area contributed by atoms with Crippen molar-refractivity contribution in [3.8, 4) is 5.75 Å². The summed E-state index contributed by atoms with van der Waals surface area (Å²) in [6, 6.07) is 9.14. The fraction of sp³-hybridized carbons (Fsp3) is 0.133. The number of benzene rings is 1. The first-order chi connectivity index (χ1) is 10.6. The Balaban J connectivity index is 2.01. The first kappa shape index (κ1) is 15.3. The van der Waals surface area contributed by atoms with Gasteiger partial charge in [-0.05, 0) is 18.2 Å². The highest BCUT2D eigenvalue weighted by Gasteiger charge is 2.15. The predicted molar refractivity (Wildman–Crippen MR) is 78.7 cm³/mol. The number of hydrogen-bond acceptors (Lipinski definition) is 5. The fourth-order valence-electron chi connectivity index (χ4n) is 1.71. The van der Waals surface area contributed by atoms with E-state index in [2.05, 4.69) is 11.9 Å². The maximum atomic E-state index is 11.7. The van der Waals surface area contributed by atoms with Crippen LogP contribution in [0.3, 0.4) is 0 Å². The second-order valence-corrected chi connectivity index (χ2v) is 4.28. The quantitative estimate of drug-likeness (QED) is 0.482. The van der Waals surface area contributed by atoms with E-state index in [0.29, 0.717) is 12.3 Å². The summed E-state index contributed by atoms with van der Waals surface area (Å²) in [6.07, 6.45) is 1.55. The molecule has 0 atom stereocenters. The van der Waals surface area contributed by atoms with Gasteiger partial charge in [-0.2, -0.15) is 0 Å². The number of furan rings is 1. The number of ether oxygens (including phenoxy) is 1. The van der Waals surface area contributed by atoms with E-state index >= 15 is 0 Å². The smallest absolute Gasteiger partial charge is 0.310 e. The molecule has 1 heterocycles. The van der Waals surface area contributed by atoms with Crippen LogP contribution in [0.4, 0.5) is 5.69 Å². The topological polar surface area (TPSA) is 94.6 Å². The Morgan fingerprint density at radius 3 is 2.86 bits per heavy atom. The molecule has 0 bridgehead atoms. The second kappa shape index (κ2) is 7.07. The Kier molecular flexibility index (Phi) is 4.92. The van der Waals surface area contributed by atoms with Crippen molar-refractivity contribution < 1.29 is 18.9 Å². The van der Waals surface area contributed by atoms with Gasteiger partial charge < -0.3 is 14.5 Å². The number of nitrogens with zero attached hydrogens (tertiary/aromatic N) is 1. The predicted octanol–water partition coefficient (Wildman–Crippen LogP) is 2.68. The van der Waals surface area contributed by atoms with E-state index in [4.69, 9.17) is 9.15 Å². The van der Waals surface area contributed by atoms with Gasteiger partial charge in [0.1, 0.15) is 12.4 Å². The van der Waals surface area contributed by atoms with Crippen LogP contribution in [0.15, 0.2) is 53.5 Å². The van der Waals surface area contributed by atoms with Crippen LogP contribution in [0.1, 0.15) is 16.3 Å². The molecule has 1 amide bonds. The maximum absolute atomic E-state index is 11.7. The lowest BCUT2D eigenvalue weighted by Gasteiger charge is -2.04. The van der Waals surface area contributed by atoms with Gasteiger partial charge in [-0.3, -0.25) is 14.9 Å². The number of rotatable bonds is 7. The van der Waals surface area contributed by atoms with Crippen molar-refractivity contribution in [2.75, 3.05) is 6.54 Å². The van der Waals surface area contributed by atoms with Crippen LogP contribution < -0.4 is 10.1 Å². The molecule has 2 aromatic rings. The minimum absolute atomic E-state index is 0.0143. The Bertz CT molecular complexity index is 693. The van der Waals surface area contributed by atoms with Gasteiger partial charge in [0, 0.05) is 12.6 Å². The lowest BCUT2D eigenvalue weighted by atomic mass is 10.3. The molecule has 22 heavy (non-hydrogen) atoms. The van der Waals surface area contributed by atoms with E-state index in [1.165, 1.54) is 18.2 Å². The van der Waals surface area contributed by atoms with Gasteiger partial charge in [0.05, 0.1) is 4.92 Å². The number of nitro benzene ring substituents is 1. The molecule has 0 unspecified atom stereocenters. The van der Waals surface area contributed by atoms with Gasteiger partial charge in [-0.1, -0.05) is 18.2 Å². The monoisotopic (exact) mass is 302 g/mol. The SMILES string of the molecule is C=CCNC(=O)c1ccc(COc2ccccc2[N+](=O)[O-])o1. The lowest BCUT2D eigenvalue weighted by Crippen LogP contribution is -2.22. The summed E-state index contributed by atoms with van der Waals surface area (Å²) < 4.78 is 10.7. The number of carbonyl (C=O) groups excluding carboxylic acids is 1. The Hall–Kier alpha value is -3.09. The van der Waals surface area contributed by atoms with Crippen LogP contribution in [0, 0.1) is 10.1 Å². The van der Waals surface area contributed by atoms with E-state index in [1.54, 1.807) is 24.3 Å². The summed E-state index contributed by atoms with van der Waals surface area (Å²) in [4.78, 5) is 22.0. The Morgan fingerprint density at radius 2 is 2.14 bits per heavy atom. The standard InChI is InChI=1S/C15H14N2O5/c1-2-9-16-15(18)14-8-7-11(22-14)10-21-13-6-4-3-5-12(13)17(19)20/h2-8H,1,9-10H2,(H,16,18). The van der Waals surface area contributed by atoms with Gasteiger partial charge >= 0.3 is 5.69 Å². The van der Waals surface area contributed by atoms with Gasteiger partial charge in [0.15, 0.2) is 11.5 Å². The summed E-state index contributed by atoms with van der Waals surface area (Å²) in [6.45, 7) is 3.82. The van der Waals surface area contributed by atoms with Crippen LogP contribution in [0.2, 0.25) is 0 Å². The van der Waals surface area contributed by atoms with E-state index in [1.807, 2.05) is 0 Å². The third-order valence-corrected chi connectivity index (χ3v) is 2.72. The van der Waals surface area contributed by atoms with Crippen LogP contribution in [-0.4, -0.2) is 17.4 Å². The van der Waals surface area contributed by atoms with Crippen LogP contribution in [-0.2, 0) is 6.61 Å². The summed E-state index contributed by atoms with van der Waals surface area (Å²) in [7, 11) is 0. The van der Waals surface area contributed by atoms with E-state index in [-0.39, 0.29) is 29.7 Å². The fourth-order valence-corrected chi connectivity index (χ4v) is 1.71. The zero-order chi connectivity index (χ0) is 15.9. The van der Waals surface area contributed by atoms with E-state index < -0.39 is 4.92 Å². The average molecular weight is 302 g/mol. The number of hydrogen-bond donors (Lipinski definition) is 1. The molecule has 0 spiro atoms. The van der Waals surface area contributed by atoms with Crippen molar-refractivity contribution in [3.63, 3.8) is 0 Å². The first-order valence-corrected chi connectivity index (χ1v) is 6.46. The summed E-state index contributed by atoms with van der Waals surface area (Å²) in [5, 5.41) is 13.4. The molecule has 114 valence electrons. The Labute approximate surface area is 126 Å². The molecule has 1 N–H and O–H groups in total. The zero-order valence-electron chi connectivity index (χ0n) is 11.7. The van der Waals surface area contributed by atoms with Crippen LogP contribution in [0.5, 0.6) is 5.75 Å². The van der Waals surface area contributed by atoms with Crippen molar-refractivity contribution in [2.24, 2.45) is 0 Å². The second-order valence-electron chi connectivity index (χ2n) is 4.28. The van der Waals surface area contributed by atoms with Crippen molar-refractivity contribution in [3.05, 3.63) is 70.7 Å². The zero-order valence-corrected chi connectivity index (χ0v) is 11.7. The third-order valence-electron chi connectivity index (χ3n) is 2.72. The maximum Gasteiger partial charge on any atom is 0.310 e. The molecule has 7 nitrogen and oxygen atoms in total. The normalized spacial score (nSPS) is 10.0. The van der Waals surface area contributed by atoms with Crippen LogP contribution in [0.25, 0.3) is 0 Å². The minimum Gasteiger partial charge on any atom is -0.479 e. The molecule has 7 heteroatoms. The summed E-state index contributed by atoms with van der Waals surface area (Å²) >= 11 is 0. The number of amides is 1. The molecule has 2 rings (SSSR count). The third kappa shape index (κ3) is 3.72. The molecule has 1 aromatic carbocycles. The number of nitrogens with one attached hydrogen (secondary N) is 1. The van der Waals surface area contributed by atoms with Crippen molar-refractivity contribution >= 4 is 11.6 Å². The van der Waals surface area contributed by atoms with Crippen molar-refractivity contribution in [1.82, 2.24) is 5.32 Å². The van der Waals surface area contributed by atoms with E-state index in [0.717, 1.165) is 0 Å². The largest absolute Gasteiger partial charge is 0.479 e. The molecule has 0 saturated carbocycles. The number of nitro groups is 1. The molecular formula is C15H14N2O5. The average Bonchev–Trinajstić information content (AvgIpc) is 2.99. The summed E-state index contributed by atoms with van der Waals surface area (Å²) in [5.41, 5.74) is -0.127. The Morgan fingerprint density at radius 1 is 1.36 bits per heavy atom. The van der Waals surface area contributed by atoms with Gasteiger partial charge in [0.25, 0.3) is 5.91 Å². The van der Waals surface area contributed by atoms with Gasteiger partial charge in [-0.25, -0.2) is 0 Å². The molecule has 0 saturated heterocycles. The van der Waals surface area contributed by atoms with Crippen molar-refractivity contribution in [1.29, 1.82) is 0 Å². The lowest BCUT2D eigenvalue weighted by molar-refractivity contribution is -0.386. The highest BCUT2D eigenvalue weighted by atomic mass is 16.6. The van der Waals surface area contributed by atoms with Gasteiger partial charge in [-0.15, -0.1) is 6.58 Å². The number of carbonyl (C=O) groups is 1. The molecule has 0 aliphatic rings. The van der Waals surface area contributed by atoms with Gasteiger partial charge in [0.2, 0.25) is 0 Å². The van der Waals surface area contributed by atoms with Crippen molar-refractivity contribution in [2.45, 2.75) is 6.61 Å². The molecule has 1 aromatic heterocycles. The molecule has 0 aliphatic heterocycles. The number of para-hydroxylation sites is 2. The minimum atomic E-state index is -0.522. The van der Waals surface area contributed by atoms with Crippen LogP contribution >= 0.6 is 0 Å². The molecule has 0 fully saturated rings. The molecule has 0 radical (unpaired) electrons. The molecule has 0 aliphatic carbocycles.